The van der Waals surface area contributed by atoms with Crippen molar-refractivity contribution in [1.29, 1.82) is 0 Å². The molecule has 1 atom stereocenters. The van der Waals surface area contributed by atoms with Crippen LogP contribution in [0.15, 0.2) is 59.2 Å². The molecule has 0 bridgehead atoms. The van der Waals surface area contributed by atoms with E-state index in [2.05, 4.69) is 24.4 Å². The van der Waals surface area contributed by atoms with Crippen LogP contribution in [-0.2, 0) is 0 Å². The first-order valence-electron chi connectivity index (χ1n) is 6.74. The van der Waals surface area contributed by atoms with Crippen molar-refractivity contribution in [3.63, 3.8) is 0 Å². The maximum absolute atomic E-state index is 6.12. The van der Waals surface area contributed by atoms with Crippen LogP contribution in [0.3, 0.4) is 0 Å². The van der Waals surface area contributed by atoms with Gasteiger partial charge in [0.05, 0.1) is 12.3 Å². The molecule has 0 aliphatic heterocycles. The first-order valence-corrected chi connectivity index (χ1v) is 7.12. The molecule has 1 unspecified atom stereocenters. The van der Waals surface area contributed by atoms with Crippen molar-refractivity contribution < 1.29 is 4.42 Å². The van der Waals surface area contributed by atoms with Gasteiger partial charge in [0.15, 0.2) is 0 Å². The molecule has 102 valence electrons. The molecule has 0 saturated heterocycles. The van der Waals surface area contributed by atoms with E-state index in [4.69, 9.17) is 16.0 Å². The average Bonchev–Trinajstić information content (AvgIpc) is 2.88. The van der Waals surface area contributed by atoms with Gasteiger partial charge in [-0.25, -0.2) is 0 Å². The van der Waals surface area contributed by atoms with Crippen LogP contribution in [0.1, 0.15) is 24.1 Å². The molecule has 20 heavy (non-hydrogen) atoms. The minimum atomic E-state index is 0.0855. The molecule has 1 heterocycles. The Bertz CT molecular complexity index is 720. The second-order valence-corrected chi connectivity index (χ2v) is 5.17. The third kappa shape index (κ3) is 2.45. The van der Waals surface area contributed by atoms with Crippen LogP contribution in [0.5, 0.6) is 0 Å². The van der Waals surface area contributed by atoms with Gasteiger partial charge in [0.2, 0.25) is 0 Å². The fourth-order valence-electron chi connectivity index (χ4n) is 2.52. The van der Waals surface area contributed by atoms with Gasteiger partial charge in [0.1, 0.15) is 5.58 Å². The maximum atomic E-state index is 6.12. The van der Waals surface area contributed by atoms with E-state index >= 15 is 0 Å². The van der Waals surface area contributed by atoms with Crippen molar-refractivity contribution in [3.8, 4) is 0 Å². The van der Waals surface area contributed by atoms with Crippen LogP contribution in [0.25, 0.3) is 11.0 Å². The van der Waals surface area contributed by atoms with Crippen molar-refractivity contribution in [2.24, 2.45) is 0 Å². The van der Waals surface area contributed by atoms with E-state index < -0.39 is 0 Å². The number of nitrogens with one attached hydrogen (secondary N) is 1. The Labute approximate surface area is 123 Å². The molecule has 0 fully saturated rings. The molecule has 3 aromatic rings. The highest BCUT2D eigenvalue weighted by atomic mass is 35.5. The fourth-order valence-corrected chi connectivity index (χ4v) is 2.72. The predicted octanol–water partition coefficient (Wildman–Crippen LogP) is 4.79. The topological polar surface area (TPSA) is 25.2 Å². The summed E-state index contributed by atoms with van der Waals surface area (Å²) >= 11 is 6.12. The van der Waals surface area contributed by atoms with E-state index in [-0.39, 0.29) is 6.04 Å². The first kappa shape index (κ1) is 13.2. The molecule has 1 N–H and O–H groups in total. The van der Waals surface area contributed by atoms with E-state index in [9.17, 15) is 0 Å². The van der Waals surface area contributed by atoms with Crippen molar-refractivity contribution in [1.82, 2.24) is 5.32 Å². The first-order chi connectivity index (χ1) is 9.79. The van der Waals surface area contributed by atoms with Crippen LogP contribution >= 0.6 is 11.6 Å². The lowest BCUT2D eigenvalue weighted by Gasteiger charge is -2.17. The summed E-state index contributed by atoms with van der Waals surface area (Å²) in [5.41, 5.74) is 3.20. The summed E-state index contributed by atoms with van der Waals surface area (Å²) < 4.78 is 5.66. The van der Waals surface area contributed by atoms with Gasteiger partial charge in [0, 0.05) is 16.0 Å². The quantitative estimate of drug-likeness (QED) is 0.746. The maximum Gasteiger partial charge on any atom is 0.134 e. The van der Waals surface area contributed by atoms with Gasteiger partial charge in [-0.3, -0.25) is 0 Å². The Kier molecular flexibility index (Phi) is 3.77. The average molecular weight is 286 g/mol. The summed E-state index contributed by atoms with van der Waals surface area (Å²) in [7, 11) is 0. The van der Waals surface area contributed by atoms with Crippen molar-refractivity contribution >= 4 is 22.6 Å². The third-order valence-electron chi connectivity index (χ3n) is 3.41. The molecule has 0 saturated carbocycles. The normalized spacial score (nSPS) is 12.7. The fraction of sp³-hybridized carbons (Fsp3) is 0.176. The van der Waals surface area contributed by atoms with Gasteiger partial charge < -0.3 is 9.73 Å². The lowest BCUT2D eigenvalue weighted by atomic mass is 9.98. The number of hydrogen-bond donors (Lipinski definition) is 1. The Balaban J connectivity index is 2.11. The molecule has 0 spiro atoms. The highest BCUT2D eigenvalue weighted by Gasteiger charge is 2.18. The van der Waals surface area contributed by atoms with Gasteiger partial charge in [-0.2, -0.15) is 0 Å². The zero-order valence-corrected chi connectivity index (χ0v) is 12.0. The van der Waals surface area contributed by atoms with Gasteiger partial charge in [0.25, 0.3) is 0 Å². The molecule has 0 amide bonds. The van der Waals surface area contributed by atoms with Gasteiger partial charge in [-0.15, -0.1) is 0 Å². The highest BCUT2D eigenvalue weighted by molar-refractivity contribution is 6.30. The van der Waals surface area contributed by atoms with Crippen LogP contribution in [0, 0.1) is 0 Å². The van der Waals surface area contributed by atoms with Gasteiger partial charge in [-0.05, 0) is 30.3 Å². The number of fused-ring (bicyclic) bond motifs is 1. The van der Waals surface area contributed by atoms with Crippen LogP contribution in [0.2, 0.25) is 5.02 Å². The molecule has 3 heteroatoms. The molecule has 2 aromatic carbocycles. The highest BCUT2D eigenvalue weighted by Crippen LogP contribution is 2.31. The van der Waals surface area contributed by atoms with Crippen LogP contribution < -0.4 is 5.32 Å². The van der Waals surface area contributed by atoms with E-state index in [0.29, 0.717) is 0 Å². The lowest BCUT2D eigenvalue weighted by molar-refractivity contribution is 0.584. The van der Waals surface area contributed by atoms with E-state index in [0.717, 1.165) is 33.7 Å². The lowest BCUT2D eigenvalue weighted by Crippen LogP contribution is -2.21. The van der Waals surface area contributed by atoms with Crippen molar-refractivity contribution in [2.75, 3.05) is 6.54 Å². The summed E-state index contributed by atoms with van der Waals surface area (Å²) in [4.78, 5) is 0. The molecule has 0 aliphatic carbocycles. The molecule has 2 nitrogen and oxygen atoms in total. The van der Waals surface area contributed by atoms with E-state index in [1.165, 1.54) is 0 Å². The molecule has 1 aromatic heterocycles. The number of furan rings is 1. The monoisotopic (exact) mass is 285 g/mol. The molecular formula is C17H16ClNO. The van der Waals surface area contributed by atoms with Crippen LogP contribution in [-0.4, -0.2) is 6.54 Å². The standard InChI is InChI=1S/C17H16ClNO/c1-2-19-17(12-6-5-7-13(18)10-12)15-11-20-16-9-4-3-8-14(15)16/h3-11,17,19H,2H2,1H3. The second kappa shape index (κ2) is 5.70. The minimum Gasteiger partial charge on any atom is -0.464 e. The van der Waals surface area contributed by atoms with Gasteiger partial charge in [-0.1, -0.05) is 48.9 Å². The van der Waals surface area contributed by atoms with Crippen molar-refractivity contribution in [3.05, 3.63) is 70.9 Å². The molecule has 0 radical (unpaired) electrons. The summed E-state index contributed by atoms with van der Waals surface area (Å²) in [6, 6.07) is 16.1. The third-order valence-corrected chi connectivity index (χ3v) is 3.65. The molecule has 3 rings (SSSR count). The molecule has 0 aliphatic rings. The van der Waals surface area contributed by atoms with Crippen LogP contribution in [0.4, 0.5) is 0 Å². The van der Waals surface area contributed by atoms with E-state index in [1.54, 1.807) is 0 Å². The largest absolute Gasteiger partial charge is 0.464 e. The Morgan fingerprint density at radius 3 is 2.80 bits per heavy atom. The number of benzene rings is 2. The Morgan fingerprint density at radius 1 is 1.15 bits per heavy atom. The predicted molar refractivity (Wildman–Crippen MR) is 83.2 cm³/mol. The zero-order chi connectivity index (χ0) is 13.9. The summed E-state index contributed by atoms with van der Waals surface area (Å²) in [6.07, 6.45) is 1.83. The van der Waals surface area contributed by atoms with E-state index in [1.807, 2.05) is 42.7 Å². The Morgan fingerprint density at radius 2 is 2.00 bits per heavy atom. The summed E-state index contributed by atoms with van der Waals surface area (Å²) in [5.74, 6) is 0. The molecular weight excluding hydrogens is 270 g/mol. The smallest absolute Gasteiger partial charge is 0.134 e. The second-order valence-electron chi connectivity index (χ2n) is 4.73. The SMILES string of the molecule is CCNC(c1cccc(Cl)c1)c1coc2ccccc12. The number of rotatable bonds is 4. The number of hydrogen-bond acceptors (Lipinski definition) is 2. The Hall–Kier alpha value is -1.77. The minimum absolute atomic E-state index is 0.0855. The zero-order valence-electron chi connectivity index (χ0n) is 11.3. The number of para-hydroxylation sites is 1. The van der Waals surface area contributed by atoms with Gasteiger partial charge >= 0.3 is 0 Å². The summed E-state index contributed by atoms with van der Waals surface area (Å²) in [6.45, 7) is 2.97. The summed E-state index contributed by atoms with van der Waals surface area (Å²) in [5, 5.41) is 5.39. The van der Waals surface area contributed by atoms with Crippen molar-refractivity contribution in [2.45, 2.75) is 13.0 Å². The number of halogens is 1.